The normalized spacial score (nSPS) is 35.0. The lowest BCUT2D eigenvalue weighted by Gasteiger charge is -2.16. The van der Waals surface area contributed by atoms with Crippen molar-refractivity contribution >= 4 is 6.09 Å². The molecule has 1 saturated carbocycles. The molecule has 1 N–H and O–H groups in total. The van der Waals surface area contributed by atoms with Crippen LogP contribution in [0, 0.1) is 11.8 Å². The third kappa shape index (κ3) is 1.55. The molecule has 0 aromatic carbocycles. The first-order valence-electron chi connectivity index (χ1n) is 4.93. The Bertz CT molecular complexity index is 223. The van der Waals surface area contributed by atoms with E-state index >= 15 is 0 Å². The maximum absolute atomic E-state index is 11.2. The molecular formula is C10H15NO2. The molecule has 2 unspecified atom stereocenters. The summed E-state index contributed by atoms with van der Waals surface area (Å²) in [6, 6.07) is 0.305. The molecule has 0 aromatic rings. The lowest BCUT2D eigenvalue weighted by molar-refractivity contribution is 0.145. The van der Waals surface area contributed by atoms with Crippen molar-refractivity contribution < 1.29 is 9.53 Å². The van der Waals surface area contributed by atoms with Crippen LogP contribution in [-0.2, 0) is 4.74 Å². The van der Waals surface area contributed by atoms with Gasteiger partial charge in [-0.2, -0.15) is 0 Å². The summed E-state index contributed by atoms with van der Waals surface area (Å²) in [5.41, 5.74) is 0. The molecule has 0 heterocycles. The summed E-state index contributed by atoms with van der Waals surface area (Å²) < 4.78 is 4.85. The first-order chi connectivity index (χ1) is 6.31. The van der Waals surface area contributed by atoms with Crippen LogP contribution in [0.1, 0.15) is 19.8 Å². The Kier molecular flexibility index (Phi) is 2.25. The molecule has 2 aliphatic rings. The number of carbonyl (C=O) groups excluding carboxylic acids is 1. The standard InChI is InChI=1S/C10H15NO2/c1-2-13-10(12)11-9-7-3-4-8(9)6-5-7/h3-4,7-9H,2,5-6H2,1H3,(H,11,12). The van der Waals surface area contributed by atoms with E-state index in [0.717, 1.165) is 0 Å². The van der Waals surface area contributed by atoms with Gasteiger partial charge in [0.15, 0.2) is 0 Å². The van der Waals surface area contributed by atoms with Crippen LogP contribution in [0.3, 0.4) is 0 Å². The number of ether oxygens (including phenoxy) is 1. The van der Waals surface area contributed by atoms with Crippen molar-refractivity contribution in [1.82, 2.24) is 5.32 Å². The second-order valence-corrected chi connectivity index (χ2v) is 3.68. The molecule has 0 saturated heterocycles. The van der Waals surface area contributed by atoms with E-state index < -0.39 is 0 Å². The van der Waals surface area contributed by atoms with E-state index in [4.69, 9.17) is 4.74 Å². The topological polar surface area (TPSA) is 38.3 Å². The van der Waals surface area contributed by atoms with E-state index in [1.54, 1.807) is 0 Å². The Balaban J connectivity index is 1.87. The van der Waals surface area contributed by atoms with Crippen molar-refractivity contribution in [2.24, 2.45) is 11.8 Å². The minimum Gasteiger partial charge on any atom is -0.450 e. The number of amides is 1. The van der Waals surface area contributed by atoms with Crippen molar-refractivity contribution in [2.45, 2.75) is 25.8 Å². The Morgan fingerprint density at radius 2 is 2.08 bits per heavy atom. The molecule has 0 radical (unpaired) electrons. The number of rotatable bonds is 2. The number of hydrogen-bond acceptors (Lipinski definition) is 2. The average Bonchev–Trinajstić information content (AvgIpc) is 2.65. The Morgan fingerprint density at radius 3 is 2.54 bits per heavy atom. The molecule has 0 aromatic heterocycles. The molecule has 3 nitrogen and oxygen atoms in total. The van der Waals surface area contributed by atoms with Gasteiger partial charge in [0.05, 0.1) is 6.61 Å². The predicted molar refractivity (Wildman–Crippen MR) is 49.3 cm³/mol. The van der Waals surface area contributed by atoms with Crippen LogP contribution < -0.4 is 5.32 Å². The summed E-state index contributed by atoms with van der Waals surface area (Å²) in [6.07, 6.45) is 6.57. The van der Waals surface area contributed by atoms with Gasteiger partial charge in [-0.15, -0.1) is 0 Å². The molecule has 3 heteroatoms. The van der Waals surface area contributed by atoms with E-state index in [9.17, 15) is 4.79 Å². The number of hydrogen-bond donors (Lipinski definition) is 1. The van der Waals surface area contributed by atoms with Gasteiger partial charge >= 0.3 is 6.09 Å². The van der Waals surface area contributed by atoms with Gasteiger partial charge < -0.3 is 10.1 Å². The van der Waals surface area contributed by atoms with E-state index in [1.165, 1.54) is 12.8 Å². The van der Waals surface area contributed by atoms with Crippen molar-refractivity contribution in [3.63, 3.8) is 0 Å². The number of fused-ring (bicyclic) bond motifs is 2. The Morgan fingerprint density at radius 1 is 1.46 bits per heavy atom. The second-order valence-electron chi connectivity index (χ2n) is 3.68. The molecule has 2 aliphatic carbocycles. The highest BCUT2D eigenvalue weighted by Gasteiger charge is 2.38. The summed E-state index contributed by atoms with van der Waals surface area (Å²) >= 11 is 0. The van der Waals surface area contributed by atoms with Crippen molar-refractivity contribution in [1.29, 1.82) is 0 Å². The molecule has 13 heavy (non-hydrogen) atoms. The van der Waals surface area contributed by atoms with E-state index in [1.807, 2.05) is 6.92 Å². The first-order valence-corrected chi connectivity index (χ1v) is 4.93. The van der Waals surface area contributed by atoms with Gasteiger partial charge in [0.2, 0.25) is 0 Å². The molecule has 0 spiro atoms. The van der Waals surface area contributed by atoms with Crippen LogP contribution in [0.2, 0.25) is 0 Å². The molecule has 0 aliphatic heterocycles. The molecular weight excluding hydrogens is 166 g/mol. The number of carbonyl (C=O) groups is 1. The molecule has 2 rings (SSSR count). The summed E-state index contributed by atoms with van der Waals surface area (Å²) in [5.74, 6) is 1.10. The maximum Gasteiger partial charge on any atom is 0.407 e. The predicted octanol–water partition coefficient (Wildman–Crippen LogP) is 1.70. The van der Waals surface area contributed by atoms with E-state index in [2.05, 4.69) is 17.5 Å². The fourth-order valence-electron chi connectivity index (χ4n) is 2.30. The molecule has 1 fully saturated rings. The summed E-state index contributed by atoms with van der Waals surface area (Å²) in [4.78, 5) is 11.2. The van der Waals surface area contributed by atoms with Gasteiger partial charge in [-0.1, -0.05) is 12.2 Å². The van der Waals surface area contributed by atoms with Gasteiger partial charge in [-0.25, -0.2) is 4.79 Å². The van der Waals surface area contributed by atoms with Crippen LogP contribution in [0.5, 0.6) is 0 Å². The van der Waals surface area contributed by atoms with Gasteiger partial charge in [-0.3, -0.25) is 0 Å². The van der Waals surface area contributed by atoms with Crippen LogP contribution >= 0.6 is 0 Å². The van der Waals surface area contributed by atoms with Gasteiger partial charge in [-0.05, 0) is 31.6 Å². The highest BCUT2D eigenvalue weighted by atomic mass is 16.5. The van der Waals surface area contributed by atoms with Crippen LogP contribution in [0.15, 0.2) is 12.2 Å². The lowest BCUT2D eigenvalue weighted by Crippen LogP contribution is -2.38. The summed E-state index contributed by atoms with van der Waals surface area (Å²) in [5, 5.41) is 2.92. The maximum atomic E-state index is 11.2. The zero-order valence-corrected chi connectivity index (χ0v) is 7.82. The fourth-order valence-corrected chi connectivity index (χ4v) is 2.30. The van der Waals surface area contributed by atoms with Crippen molar-refractivity contribution in [3.05, 3.63) is 12.2 Å². The lowest BCUT2D eigenvalue weighted by atomic mass is 10.1. The monoisotopic (exact) mass is 181 g/mol. The average molecular weight is 181 g/mol. The Labute approximate surface area is 78.1 Å². The van der Waals surface area contributed by atoms with Crippen LogP contribution in [0.4, 0.5) is 4.79 Å². The molecule has 2 bridgehead atoms. The fraction of sp³-hybridized carbons (Fsp3) is 0.700. The third-order valence-corrected chi connectivity index (χ3v) is 2.92. The molecule has 2 atom stereocenters. The third-order valence-electron chi connectivity index (χ3n) is 2.92. The second kappa shape index (κ2) is 3.40. The largest absolute Gasteiger partial charge is 0.450 e. The van der Waals surface area contributed by atoms with E-state index in [-0.39, 0.29) is 6.09 Å². The number of nitrogens with one attached hydrogen (secondary N) is 1. The van der Waals surface area contributed by atoms with Gasteiger partial charge in [0, 0.05) is 6.04 Å². The summed E-state index contributed by atoms with van der Waals surface area (Å²) in [6.45, 7) is 2.27. The minimum absolute atomic E-state index is 0.270. The van der Waals surface area contributed by atoms with Gasteiger partial charge in [0.25, 0.3) is 0 Å². The summed E-state index contributed by atoms with van der Waals surface area (Å²) in [7, 11) is 0. The highest BCUT2D eigenvalue weighted by molar-refractivity contribution is 5.68. The Hall–Kier alpha value is -0.990. The zero-order chi connectivity index (χ0) is 9.26. The van der Waals surface area contributed by atoms with E-state index in [0.29, 0.717) is 24.5 Å². The zero-order valence-electron chi connectivity index (χ0n) is 7.82. The van der Waals surface area contributed by atoms with Crippen molar-refractivity contribution in [3.8, 4) is 0 Å². The molecule has 72 valence electrons. The van der Waals surface area contributed by atoms with Crippen LogP contribution in [0.25, 0.3) is 0 Å². The SMILES string of the molecule is CCOC(=O)NC1C2C=CC1CC2. The van der Waals surface area contributed by atoms with Crippen LogP contribution in [-0.4, -0.2) is 18.7 Å². The molecule has 1 amide bonds. The smallest absolute Gasteiger partial charge is 0.407 e. The first kappa shape index (κ1) is 8.60. The highest BCUT2D eigenvalue weighted by Crippen LogP contribution is 2.38. The van der Waals surface area contributed by atoms with Crippen molar-refractivity contribution in [2.75, 3.05) is 6.61 Å². The minimum atomic E-state index is -0.270. The quantitative estimate of drug-likeness (QED) is 0.658. The number of alkyl carbamates (subject to hydrolysis) is 1. The van der Waals surface area contributed by atoms with Gasteiger partial charge in [0.1, 0.15) is 0 Å².